The van der Waals surface area contributed by atoms with Crippen molar-refractivity contribution in [2.45, 2.75) is 60.5 Å². The number of aryl methyl sites for hydroxylation is 2. The van der Waals surface area contributed by atoms with Gasteiger partial charge in [0, 0.05) is 13.1 Å². The first kappa shape index (κ1) is 23.8. The molecule has 2 atom stereocenters. The van der Waals surface area contributed by atoms with Crippen molar-refractivity contribution in [3.63, 3.8) is 0 Å². The number of carbonyl (C=O) groups is 3. The number of amides is 4. The van der Waals surface area contributed by atoms with Crippen LogP contribution in [0.5, 0.6) is 0 Å². The molecule has 32 heavy (non-hydrogen) atoms. The van der Waals surface area contributed by atoms with E-state index >= 15 is 0 Å². The minimum atomic E-state index is -0.597. The molecule has 2 aliphatic heterocycles. The topological polar surface area (TPSA) is 81.8 Å². The maximum Gasteiger partial charge on any atom is 0.322 e. The molecule has 0 bridgehead atoms. The molecule has 3 rings (SSSR count). The molecular formula is C25H36N4O3. The van der Waals surface area contributed by atoms with Gasteiger partial charge in [0.2, 0.25) is 5.91 Å². The van der Waals surface area contributed by atoms with Crippen molar-refractivity contribution in [2.24, 2.45) is 11.8 Å². The van der Waals surface area contributed by atoms with Crippen molar-refractivity contribution in [3.8, 4) is 0 Å². The standard InChI is InChI=1S/C25H36N4O3/c1-8-28-19-13-29(22(15(4)5)23(30)26-12-14(2)3)24(31)20(19)21(27-25(28)32)18-10-9-16(6)11-17(18)7/h9-11,14-15,21-22H,8,12-13H2,1-7H3,(H,26,30)(H,27,32). The maximum absolute atomic E-state index is 13.8. The third-order valence-corrected chi connectivity index (χ3v) is 6.22. The fourth-order valence-electron chi connectivity index (χ4n) is 4.67. The largest absolute Gasteiger partial charge is 0.354 e. The number of hydrogen-bond donors (Lipinski definition) is 2. The summed E-state index contributed by atoms with van der Waals surface area (Å²) in [6, 6.07) is 4.70. The Hall–Kier alpha value is -2.83. The van der Waals surface area contributed by atoms with Gasteiger partial charge < -0.3 is 15.5 Å². The highest BCUT2D eigenvalue weighted by atomic mass is 16.2. The Morgan fingerprint density at radius 2 is 1.88 bits per heavy atom. The van der Waals surface area contributed by atoms with E-state index in [-0.39, 0.29) is 30.3 Å². The highest BCUT2D eigenvalue weighted by Gasteiger charge is 2.47. The molecule has 1 aromatic rings. The van der Waals surface area contributed by atoms with Crippen LogP contribution in [0.15, 0.2) is 29.5 Å². The predicted octanol–water partition coefficient (Wildman–Crippen LogP) is 3.28. The molecule has 0 spiro atoms. The molecule has 7 nitrogen and oxygen atoms in total. The van der Waals surface area contributed by atoms with Gasteiger partial charge in [0.05, 0.1) is 23.9 Å². The molecule has 0 fully saturated rings. The van der Waals surface area contributed by atoms with E-state index in [0.29, 0.717) is 30.3 Å². The zero-order chi connectivity index (χ0) is 23.7. The minimum Gasteiger partial charge on any atom is -0.354 e. The van der Waals surface area contributed by atoms with Crippen molar-refractivity contribution >= 4 is 17.8 Å². The Morgan fingerprint density at radius 3 is 2.44 bits per heavy atom. The zero-order valence-corrected chi connectivity index (χ0v) is 20.3. The van der Waals surface area contributed by atoms with Crippen molar-refractivity contribution in [1.29, 1.82) is 0 Å². The van der Waals surface area contributed by atoms with Crippen LogP contribution >= 0.6 is 0 Å². The van der Waals surface area contributed by atoms with Crippen LogP contribution in [0.2, 0.25) is 0 Å². The second-order valence-electron chi connectivity index (χ2n) is 9.61. The number of likely N-dealkylation sites (N-methyl/N-ethyl adjacent to an activating group) is 1. The van der Waals surface area contributed by atoms with Gasteiger partial charge in [0.15, 0.2) is 0 Å². The van der Waals surface area contributed by atoms with Crippen LogP contribution in [-0.4, -0.2) is 53.3 Å². The zero-order valence-electron chi connectivity index (χ0n) is 20.3. The summed E-state index contributed by atoms with van der Waals surface area (Å²) in [7, 11) is 0. The molecular weight excluding hydrogens is 404 g/mol. The molecule has 0 saturated carbocycles. The van der Waals surface area contributed by atoms with Crippen molar-refractivity contribution in [2.75, 3.05) is 19.6 Å². The van der Waals surface area contributed by atoms with E-state index in [1.807, 2.05) is 60.6 Å². The molecule has 0 radical (unpaired) electrons. The molecule has 2 N–H and O–H groups in total. The minimum absolute atomic E-state index is 0.0641. The fraction of sp³-hybridized carbons (Fsp3) is 0.560. The normalized spacial score (nSPS) is 19.6. The van der Waals surface area contributed by atoms with Crippen LogP contribution in [0, 0.1) is 25.7 Å². The number of urea groups is 1. The van der Waals surface area contributed by atoms with Gasteiger partial charge in [-0.3, -0.25) is 14.5 Å². The SMILES string of the molecule is CCN1C(=O)NC(c2ccc(C)cc2C)C2=C1CN(C(C(=O)NCC(C)C)C(C)C)C2=O. The molecule has 1 aromatic carbocycles. The Labute approximate surface area is 191 Å². The third-order valence-electron chi connectivity index (χ3n) is 6.22. The quantitative estimate of drug-likeness (QED) is 0.683. The average Bonchev–Trinajstić information content (AvgIpc) is 3.02. The first-order valence-electron chi connectivity index (χ1n) is 11.5. The van der Waals surface area contributed by atoms with Crippen LogP contribution in [0.25, 0.3) is 0 Å². The van der Waals surface area contributed by atoms with E-state index in [9.17, 15) is 14.4 Å². The Morgan fingerprint density at radius 1 is 1.19 bits per heavy atom. The van der Waals surface area contributed by atoms with Crippen molar-refractivity contribution < 1.29 is 14.4 Å². The lowest BCUT2D eigenvalue weighted by Crippen LogP contribution is -2.52. The summed E-state index contributed by atoms with van der Waals surface area (Å²) in [6.45, 7) is 15.2. The van der Waals surface area contributed by atoms with Crippen LogP contribution in [0.1, 0.15) is 57.4 Å². The third kappa shape index (κ3) is 4.38. The molecule has 2 heterocycles. The number of rotatable bonds is 7. The number of nitrogens with zero attached hydrogens (tertiary/aromatic N) is 2. The fourth-order valence-corrected chi connectivity index (χ4v) is 4.67. The number of benzene rings is 1. The average molecular weight is 441 g/mol. The highest BCUT2D eigenvalue weighted by molar-refractivity contribution is 6.03. The van der Waals surface area contributed by atoms with Crippen molar-refractivity contribution in [3.05, 3.63) is 46.2 Å². The summed E-state index contributed by atoms with van der Waals surface area (Å²) >= 11 is 0. The first-order chi connectivity index (χ1) is 15.1. The molecule has 0 aromatic heterocycles. The summed E-state index contributed by atoms with van der Waals surface area (Å²) in [5.74, 6) is -0.0708. The van der Waals surface area contributed by atoms with Gasteiger partial charge in [-0.2, -0.15) is 0 Å². The smallest absolute Gasteiger partial charge is 0.322 e. The van der Waals surface area contributed by atoms with Gasteiger partial charge >= 0.3 is 6.03 Å². The van der Waals surface area contributed by atoms with Crippen LogP contribution < -0.4 is 10.6 Å². The molecule has 2 unspecified atom stereocenters. The summed E-state index contributed by atoms with van der Waals surface area (Å²) in [5, 5.41) is 6.02. The van der Waals surface area contributed by atoms with E-state index in [1.165, 1.54) is 0 Å². The molecule has 4 amide bonds. The second kappa shape index (κ2) is 9.35. The van der Waals surface area contributed by atoms with Crippen LogP contribution in [-0.2, 0) is 9.59 Å². The lowest BCUT2D eigenvalue weighted by atomic mass is 9.91. The van der Waals surface area contributed by atoms with Gasteiger partial charge in [-0.05, 0) is 43.7 Å². The number of nitrogens with one attached hydrogen (secondary N) is 2. The molecule has 0 aliphatic carbocycles. The van der Waals surface area contributed by atoms with Gasteiger partial charge in [-0.25, -0.2) is 4.79 Å². The van der Waals surface area contributed by atoms with E-state index in [0.717, 1.165) is 16.7 Å². The first-order valence-corrected chi connectivity index (χ1v) is 11.5. The maximum atomic E-state index is 13.8. The summed E-state index contributed by atoms with van der Waals surface area (Å²) in [4.78, 5) is 43.0. The summed E-state index contributed by atoms with van der Waals surface area (Å²) in [5.41, 5.74) is 4.33. The van der Waals surface area contributed by atoms with Gasteiger partial charge in [0.1, 0.15) is 6.04 Å². The lowest BCUT2D eigenvalue weighted by molar-refractivity contribution is -0.138. The van der Waals surface area contributed by atoms with Gasteiger partial charge in [0.25, 0.3) is 5.91 Å². The van der Waals surface area contributed by atoms with Crippen LogP contribution in [0.3, 0.4) is 0 Å². The second-order valence-corrected chi connectivity index (χ2v) is 9.61. The summed E-state index contributed by atoms with van der Waals surface area (Å²) < 4.78 is 0. The Bertz CT molecular complexity index is 951. The van der Waals surface area contributed by atoms with E-state index in [4.69, 9.17) is 0 Å². The molecule has 2 aliphatic rings. The highest BCUT2D eigenvalue weighted by Crippen LogP contribution is 2.38. The predicted molar refractivity (Wildman–Crippen MR) is 125 cm³/mol. The van der Waals surface area contributed by atoms with E-state index in [2.05, 4.69) is 16.7 Å². The monoisotopic (exact) mass is 440 g/mol. The van der Waals surface area contributed by atoms with Gasteiger partial charge in [-0.1, -0.05) is 51.5 Å². The van der Waals surface area contributed by atoms with E-state index < -0.39 is 12.1 Å². The summed E-state index contributed by atoms with van der Waals surface area (Å²) in [6.07, 6.45) is 0. The molecule has 7 heteroatoms. The van der Waals surface area contributed by atoms with Crippen LogP contribution in [0.4, 0.5) is 4.79 Å². The Kier molecular flexibility index (Phi) is 6.96. The Balaban J connectivity index is 2.01. The number of hydrogen-bond acceptors (Lipinski definition) is 3. The van der Waals surface area contributed by atoms with Crippen molar-refractivity contribution in [1.82, 2.24) is 20.4 Å². The number of carbonyl (C=O) groups excluding carboxylic acids is 3. The molecule has 174 valence electrons. The molecule has 0 saturated heterocycles. The lowest BCUT2D eigenvalue weighted by Gasteiger charge is -2.33. The van der Waals surface area contributed by atoms with Gasteiger partial charge in [-0.15, -0.1) is 0 Å². The van der Waals surface area contributed by atoms with E-state index in [1.54, 1.807) is 9.80 Å².